The zero-order chi connectivity index (χ0) is 15.7. The lowest BCUT2D eigenvalue weighted by atomic mass is 10.1. The number of rotatable bonds is 4. The van der Waals surface area contributed by atoms with Gasteiger partial charge >= 0.3 is 11.9 Å². The number of hydrogen-bond donors (Lipinski definition) is 0. The van der Waals surface area contributed by atoms with Gasteiger partial charge in [-0.25, -0.2) is 9.59 Å². The molecule has 0 bridgehead atoms. The van der Waals surface area contributed by atoms with Crippen LogP contribution in [0.2, 0.25) is 0 Å². The summed E-state index contributed by atoms with van der Waals surface area (Å²) in [7, 11) is 0. The summed E-state index contributed by atoms with van der Waals surface area (Å²) in [6.45, 7) is 4.28. The van der Waals surface area contributed by atoms with E-state index in [4.69, 9.17) is 18.9 Å². The lowest BCUT2D eigenvalue weighted by Gasteiger charge is -2.29. The topological polar surface area (TPSA) is 74.4 Å². The maximum Gasteiger partial charge on any atom is 0.348 e. The quantitative estimate of drug-likeness (QED) is 0.365. The molecule has 2 heterocycles. The van der Waals surface area contributed by atoms with E-state index in [1.807, 2.05) is 0 Å². The Balaban J connectivity index is 1.70. The first kappa shape index (κ1) is 14.6. The minimum atomic E-state index is -1.23. The molecule has 1 aromatic rings. The van der Waals surface area contributed by atoms with Crippen molar-refractivity contribution >= 4 is 18.0 Å². The molecule has 3 rings (SSSR count). The van der Waals surface area contributed by atoms with Crippen molar-refractivity contribution in [3.63, 3.8) is 0 Å². The third-order valence-corrected chi connectivity index (χ3v) is 3.15. The second kappa shape index (κ2) is 5.46. The SMILES string of the molecule is CC1(C)OC(=O)C(=Cc2ccc(OCC3CO3)cc2)C(=O)O1. The van der Waals surface area contributed by atoms with Crippen molar-refractivity contribution in [3.05, 3.63) is 35.4 Å². The number of hydrogen-bond acceptors (Lipinski definition) is 6. The van der Waals surface area contributed by atoms with Crippen molar-refractivity contribution in [2.24, 2.45) is 0 Å². The standard InChI is InChI=1S/C16H16O6/c1-16(2)21-14(17)13(15(18)22-16)7-10-3-5-11(6-4-10)19-8-12-9-20-12/h3-7,12H,8-9H2,1-2H3. The summed E-state index contributed by atoms with van der Waals surface area (Å²) in [4.78, 5) is 23.7. The lowest BCUT2D eigenvalue weighted by Crippen LogP contribution is -2.41. The van der Waals surface area contributed by atoms with E-state index in [2.05, 4.69) is 0 Å². The molecule has 116 valence electrons. The van der Waals surface area contributed by atoms with Gasteiger partial charge in [0.05, 0.1) is 6.61 Å². The Morgan fingerprint density at radius 1 is 1.18 bits per heavy atom. The van der Waals surface area contributed by atoms with Gasteiger partial charge in [-0.15, -0.1) is 0 Å². The predicted molar refractivity (Wildman–Crippen MR) is 75.9 cm³/mol. The highest BCUT2D eigenvalue weighted by atomic mass is 16.7. The maximum atomic E-state index is 11.8. The summed E-state index contributed by atoms with van der Waals surface area (Å²) in [6, 6.07) is 7.02. The average Bonchev–Trinajstić information content (AvgIpc) is 3.25. The highest BCUT2D eigenvalue weighted by Gasteiger charge is 2.38. The molecule has 1 unspecified atom stereocenters. The van der Waals surface area contributed by atoms with Gasteiger partial charge in [-0.05, 0) is 23.8 Å². The van der Waals surface area contributed by atoms with E-state index < -0.39 is 17.7 Å². The van der Waals surface area contributed by atoms with Gasteiger partial charge in [0.2, 0.25) is 0 Å². The summed E-state index contributed by atoms with van der Waals surface area (Å²) in [5.74, 6) is -1.90. The fraction of sp³-hybridized carbons (Fsp3) is 0.375. The van der Waals surface area contributed by atoms with E-state index >= 15 is 0 Å². The molecule has 2 aliphatic heterocycles. The highest BCUT2D eigenvalue weighted by molar-refractivity contribution is 6.18. The Labute approximate surface area is 127 Å². The predicted octanol–water partition coefficient (Wildman–Crippen LogP) is 1.68. The first-order chi connectivity index (χ1) is 10.4. The van der Waals surface area contributed by atoms with Crippen LogP contribution < -0.4 is 4.74 Å². The zero-order valence-corrected chi connectivity index (χ0v) is 12.3. The molecule has 6 nitrogen and oxygen atoms in total. The molecule has 22 heavy (non-hydrogen) atoms. The first-order valence-corrected chi connectivity index (χ1v) is 6.96. The summed E-state index contributed by atoms with van der Waals surface area (Å²) >= 11 is 0. The van der Waals surface area contributed by atoms with E-state index in [9.17, 15) is 9.59 Å². The molecular weight excluding hydrogens is 288 g/mol. The molecule has 0 N–H and O–H groups in total. The van der Waals surface area contributed by atoms with Gasteiger partial charge in [-0.2, -0.15) is 0 Å². The summed E-state index contributed by atoms with van der Waals surface area (Å²) in [5, 5.41) is 0. The Morgan fingerprint density at radius 3 is 2.32 bits per heavy atom. The van der Waals surface area contributed by atoms with Gasteiger partial charge in [0.25, 0.3) is 5.79 Å². The molecule has 6 heteroatoms. The number of esters is 2. The maximum absolute atomic E-state index is 11.8. The molecular formula is C16H16O6. The van der Waals surface area contributed by atoms with Gasteiger partial charge in [-0.3, -0.25) is 0 Å². The third kappa shape index (κ3) is 3.46. The minimum Gasteiger partial charge on any atom is -0.491 e. The number of cyclic esters (lactones) is 2. The van der Waals surface area contributed by atoms with E-state index in [0.29, 0.717) is 17.9 Å². The van der Waals surface area contributed by atoms with Crippen LogP contribution in [0.5, 0.6) is 5.75 Å². The molecule has 0 amide bonds. The molecule has 0 aromatic heterocycles. The van der Waals surface area contributed by atoms with Crippen LogP contribution in [0.15, 0.2) is 29.8 Å². The van der Waals surface area contributed by atoms with E-state index in [1.165, 1.54) is 19.9 Å². The van der Waals surface area contributed by atoms with Crippen LogP contribution in [0.3, 0.4) is 0 Å². The van der Waals surface area contributed by atoms with Crippen molar-refractivity contribution < 1.29 is 28.5 Å². The molecule has 0 aliphatic carbocycles. The normalized spacial score (nSPS) is 22.6. The van der Waals surface area contributed by atoms with Gasteiger partial charge in [0, 0.05) is 13.8 Å². The van der Waals surface area contributed by atoms with Crippen molar-refractivity contribution in [2.45, 2.75) is 25.7 Å². The summed E-state index contributed by atoms with van der Waals surface area (Å²) < 4.78 is 20.6. The monoisotopic (exact) mass is 304 g/mol. The Kier molecular flexibility index (Phi) is 3.62. The van der Waals surface area contributed by atoms with Crippen LogP contribution in [0, 0.1) is 0 Å². The molecule has 1 atom stereocenters. The summed E-state index contributed by atoms with van der Waals surface area (Å²) in [5.41, 5.74) is 0.554. The van der Waals surface area contributed by atoms with E-state index in [0.717, 1.165) is 6.61 Å². The van der Waals surface area contributed by atoms with Gasteiger partial charge in [0.15, 0.2) is 0 Å². The van der Waals surface area contributed by atoms with Crippen molar-refractivity contribution in [1.29, 1.82) is 0 Å². The molecule has 0 spiro atoms. The minimum absolute atomic E-state index is 0.126. The molecule has 2 saturated heterocycles. The number of epoxide rings is 1. The highest BCUT2D eigenvalue weighted by Crippen LogP contribution is 2.24. The van der Waals surface area contributed by atoms with Crippen molar-refractivity contribution in [2.75, 3.05) is 13.2 Å². The smallest absolute Gasteiger partial charge is 0.348 e. The van der Waals surface area contributed by atoms with Crippen LogP contribution in [-0.4, -0.2) is 37.0 Å². The van der Waals surface area contributed by atoms with Crippen LogP contribution >= 0.6 is 0 Å². The lowest BCUT2D eigenvalue weighted by molar-refractivity contribution is -0.222. The molecule has 0 radical (unpaired) electrons. The Hall–Kier alpha value is -2.34. The average molecular weight is 304 g/mol. The van der Waals surface area contributed by atoms with Crippen molar-refractivity contribution in [3.8, 4) is 5.75 Å². The van der Waals surface area contributed by atoms with Gasteiger partial charge in [0.1, 0.15) is 24.0 Å². The van der Waals surface area contributed by atoms with Gasteiger partial charge < -0.3 is 18.9 Å². The molecule has 0 saturated carbocycles. The fourth-order valence-electron chi connectivity index (χ4n) is 1.96. The van der Waals surface area contributed by atoms with Crippen LogP contribution in [-0.2, 0) is 23.8 Å². The van der Waals surface area contributed by atoms with Crippen molar-refractivity contribution in [1.82, 2.24) is 0 Å². The second-order valence-electron chi connectivity index (χ2n) is 5.57. The summed E-state index contributed by atoms with van der Waals surface area (Å²) in [6.07, 6.45) is 1.63. The number of ether oxygens (including phenoxy) is 4. The molecule has 1 aromatic carbocycles. The third-order valence-electron chi connectivity index (χ3n) is 3.15. The zero-order valence-electron chi connectivity index (χ0n) is 12.3. The second-order valence-corrected chi connectivity index (χ2v) is 5.57. The fourth-order valence-corrected chi connectivity index (χ4v) is 1.96. The largest absolute Gasteiger partial charge is 0.491 e. The van der Waals surface area contributed by atoms with Crippen LogP contribution in [0.4, 0.5) is 0 Å². The number of benzene rings is 1. The Bertz CT molecular complexity index is 603. The Morgan fingerprint density at radius 2 is 1.77 bits per heavy atom. The molecule has 2 fully saturated rings. The van der Waals surface area contributed by atoms with E-state index in [-0.39, 0.29) is 11.7 Å². The van der Waals surface area contributed by atoms with Crippen LogP contribution in [0.25, 0.3) is 6.08 Å². The first-order valence-electron chi connectivity index (χ1n) is 6.96. The van der Waals surface area contributed by atoms with Gasteiger partial charge in [-0.1, -0.05) is 12.1 Å². The number of carbonyl (C=O) groups excluding carboxylic acids is 2. The number of carbonyl (C=O) groups is 2. The van der Waals surface area contributed by atoms with E-state index in [1.54, 1.807) is 24.3 Å². The molecule has 2 aliphatic rings. The van der Waals surface area contributed by atoms with Crippen LogP contribution in [0.1, 0.15) is 19.4 Å².